The largest absolute Gasteiger partial charge is 0.488 e. The van der Waals surface area contributed by atoms with Crippen LogP contribution in [0.1, 0.15) is 35.1 Å². The third-order valence-corrected chi connectivity index (χ3v) is 7.26. The van der Waals surface area contributed by atoms with E-state index in [1.54, 1.807) is 25.5 Å². The number of nitrogens with zero attached hydrogens (tertiary/aromatic N) is 1. The van der Waals surface area contributed by atoms with Crippen LogP contribution in [0.5, 0.6) is 5.75 Å². The van der Waals surface area contributed by atoms with E-state index < -0.39 is 5.97 Å². The van der Waals surface area contributed by atoms with E-state index in [1.807, 2.05) is 24.3 Å². The van der Waals surface area contributed by atoms with Crippen LogP contribution in [-0.4, -0.2) is 42.3 Å². The van der Waals surface area contributed by atoms with Crippen molar-refractivity contribution in [3.8, 4) is 16.9 Å². The van der Waals surface area contributed by atoms with Crippen molar-refractivity contribution < 1.29 is 23.8 Å². The van der Waals surface area contributed by atoms with Crippen LogP contribution in [0.15, 0.2) is 71.3 Å². The Morgan fingerprint density at radius 2 is 1.95 bits per heavy atom. The Hall–Kier alpha value is -3.65. The molecule has 4 aromatic rings. The van der Waals surface area contributed by atoms with Gasteiger partial charge in [-0.15, -0.1) is 0 Å². The fourth-order valence-corrected chi connectivity index (χ4v) is 5.35. The summed E-state index contributed by atoms with van der Waals surface area (Å²) in [6.45, 7) is 3.26. The standard InChI is InChI=1S/C31H34N2O5/c1-36-20-27-9-5-11-33(27)17-25-13-24(22-8-4-6-21(12-22)16-32)14-28-26(19-38-31(25)28)18-37-29-10-3-2-7-23(29)15-30(34)35/h2-4,6-8,10,12-14,19,27H,5,9,11,15-18,20,32H2,1H3,(H,34,35). The van der Waals surface area contributed by atoms with Gasteiger partial charge in [0.05, 0.1) is 19.3 Å². The van der Waals surface area contributed by atoms with Crippen LogP contribution < -0.4 is 10.5 Å². The predicted molar refractivity (Wildman–Crippen MR) is 147 cm³/mol. The number of carboxylic acid groups (broad SMARTS) is 1. The number of furan rings is 1. The highest BCUT2D eigenvalue weighted by molar-refractivity contribution is 5.89. The van der Waals surface area contributed by atoms with E-state index in [0.29, 0.717) is 30.5 Å². The highest BCUT2D eigenvalue weighted by Crippen LogP contribution is 2.34. The minimum absolute atomic E-state index is 0.0907. The molecule has 3 aromatic carbocycles. The van der Waals surface area contributed by atoms with Crippen LogP contribution in [0.4, 0.5) is 0 Å². The van der Waals surface area contributed by atoms with Gasteiger partial charge >= 0.3 is 5.97 Å². The molecule has 7 heteroatoms. The molecule has 5 rings (SSSR count). The van der Waals surface area contributed by atoms with Gasteiger partial charge in [-0.2, -0.15) is 0 Å². The number of nitrogens with two attached hydrogens (primary N) is 1. The maximum Gasteiger partial charge on any atom is 0.307 e. The molecule has 1 saturated heterocycles. The van der Waals surface area contributed by atoms with Gasteiger partial charge in [-0.25, -0.2) is 0 Å². The number of benzene rings is 3. The number of likely N-dealkylation sites (tertiary alicyclic amines) is 1. The molecule has 1 aliphatic heterocycles. The van der Waals surface area contributed by atoms with Crippen LogP contribution >= 0.6 is 0 Å². The molecule has 1 unspecified atom stereocenters. The number of fused-ring (bicyclic) bond motifs is 1. The fraction of sp³-hybridized carbons (Fsp3) is 0.323. The van der Waals surface area contributed by atoms with Crippen molar-refractivity contribution in [1.29, 1.82) is 0 Å². The van der Waals surface area contributed by atoms with Gasteiger partial charge in [0.25, 0.3) is 0 Å². The Morgan fingerprint density at radius 1 is 1.08 bits per heavy atom. The quantitative estimate of drug-likeness (QED) is 0.277. The number of rotatable bonds is 11. The lowest BCUT2D eigenvalue weighted by Gasteiger charge is -2.24. The van der Waals surface area contributed by atoms with E-state index in [1.165, 1.54) is 0 Å². The summed E-state index contributed by atoms with van der Waals surface area (Å²) in [5.41, 5.74) is 12.7. The molecule has 1 aliphatic rings. The SMILES string of the molecule is COCC1CCCN1Cc1cc(-c2cccc(CN)c2)cc2c(COc3ccccc3CC(=O)O)coc12. The number of aliphatic carboxylic acids is 1. The van der Waals surface area contributed by atoms with Crippen molar-refractivity contribution in [2.24, 2.45) is 5.73 Å². The normalized spacial score (nSPS) is 15.8. The molecule has 7 nitrogen and oxygen atoms in total. The molecular formula is C31H34N2O5. The Morgan fingerprint density at radius 3 is 2.76 bits per heavy atom. The van der Waals surface area contributed by atoms with Crippen LogP contribution in [0.2, 0.25) is 0 Å². The number of carboxylic acids is 1. The first-order chi connectivity index (χ1) is 18.6. The van der Waals surface area contributed by atoms with E-state index in [0.717, 1.165) is 64.7 Å². The molecule has 2 heterocycles. The van der Waals surface area contributed by atoms with Gasteiger partial charge in [0.1, 0.15) is 17.9 Å². The minimum atomic E-state index is -0.891. The fourth-order valence-electron chi connectivity index (χ4n) is 5.35. The summed E-state index contributed by atoms with van der Waals surface area (Å²) in [6, 6.07) is 20.3. The zero-order chi connectivity index (χ0) is 26.5. The van der Waals surface area contributed by atoms with Gasteiger partial charge in [0.15, 0.2) is 0 Å². The van der Waals surface area contributed by atoms with Gasteiger partial charge in [0.2, 0.25) is 0 Å². The van der Waals surface area contributed by atoms with Crippen LogP contribution in [-0.2, 0) is 35.6 Å². The molecule has 3 N–H and O–H groups in total. The molecule has 1 aromatic heterocycles. The Balaban J connectivity index is 1.51. The first kappa shape index (κ1) is 26.0. The molecule has 0 bridgehead atoms. The third kappa shape index (κ3) is 5.75. The molecule has 1 fully saturated rings. The lowest BCUT2D eigenvalue weighted by atomic mass is 9.97. The number of carbonyl (C=O) groups is 1. The van der Waals surface area contributed by atoms with Crippen molar-refractivity contribution in [2.45, 2.75) is 45.0 Å². The molecule has 0 amide bonds. The summed E-state index contributed by atoms with van der Waals surface area (Å²) in [4.78, 5) is 13.8. The molecule has 1 atom stereocenters. The van der Waals surface area contributed by atoms with Crippen molar-refractivity contribution in [3.63, 3.8) is 0 Å². The molecule has 38 heavy (non-hydrogen) atoms. The third-order valence-electron chi connectivity index (χ3n) is 7.26. The zero-order valence-electron chi connectivity index (χ0n) is 21.7. The summed E-state index contributed by atoms with van der Waals surface area (Å²) in [6.07, 6.45) is 3.95. The molecule has 0 spiro atoms. The molecule has 0 aliphatic carbocycles. The summed E-state index contributed by atoms with van der Waals surface area (Å²) < 4.78 is 17.8. The predicted octanol–water partition coefficient (Wildman–Crippen LogP) is 5.38. The van der Waals surface area contributed by atoms with Crippen LogP contribution in [0.25, 0.3) is 22.1 Å². The zero-order valence-corrected chi connectivity index (χ0v) is 21.7. The topological polar surface area (TPSA) is 98.2 Å². The number of hydrogen-bond donors (Lipinski definition) is 2. The average molecular weight is 515 g/mol. The van der Waals surface area contributed by atoms with Gasteiger partial charge < -0.3 is 24.7 Å². The van der Waals surface area contributed by atoms with E-state index in [4.69, 9.17) is 19.6 Å². The lowest BCUT2D eigenvalue weighted by molar-refractivity contribution is -0.136. The van der Waals surface area contributed by atoms with Crippen LogP contribution in [0, 0.1) is 0 Å². The number of hydrogen-bond acceptors (Lipinski definition) is 6. The van der Waals surface area contributed by atoms with Crippen molar-refractivity contribution in [3.05, 3.63) is 89.2 Å². The highest BCUT2D eigenvalue weighted by Gasteiger charge is 2.26. The second-order valence-electron chi connectivity index (χ2n) is 9.87. The van der Waals surface area contributed by atoms with E-state index in [-0.39, 0.29) is 13.0 Å². The van der Waals surface area contributed by atoms with E-state index in [2.05, 4.69) is 29.2 Å². The average Bonchev–Trinajstić information content (AvgIpc) is 3.55. The molecule has 0 radical (unpaired) electrons. The maximum atomic E-state index is 11.3. The molecular weight excluding hydrogens is 480 g/mol. The highest BCUT2D eigenvalue weighted by atomic mass is 16.5. The van der Waals surface area contributed by atoms with Crippen molar-refractivity contribution in [2.75, 3.05) is 20.3 Å². The van der Waals surface area contributed by atoms with Crippen LogP contribution in [0.3, 0.4) is 0 Å². The van der Waals surface area contributed by atoms with Gasteiger partial charge in [-0.1, -0.05) is 36.4 Å². The Kier molecular flexibility index (Phi) is 8.08. The summed E-state index contributed by atoms with van der Waals surface area (Å²) in [5.74, 6) is -0.326. The minimum Gasteiger partial charge on any atom is -0.488 e. The van der Waals surface area contributed by atoms with Crippen molar-refractivity contribution in [1.82, 2.24) is 4.90 Å². The number of ether oxygens (including phenoxy) is 2. The first-order valence-electron chi connectivity index (χ1n) is 13.0. The Labute approximate surface area is 222 Å². The second kappa shape index (κ2) is 11.8. The molecule has 198 valence electrons. The summed E-state index contributed by atoms with van der Waals surface area (Å²) >= 11 is 0. The lowest BCUT2D eigenvalue weighted by Crippen LogP contribution is -2.32. The number of para-hydroxylation sites is 1. The van der Waals surface area contributed by atoms with Gasteiger partial charge in [-0.05, 0) is 60.3 Å². The second-order valence-corrected chi connectivity index (χ2v) is 9.87. The molecule has 0 saturated carbocycles. The van der Waals surface area contributed by atoms with Gasteiger partial charge in [-0.3, -0.25) is 9.69 Å². The number of methoxy groups -OCH3 is 1. The Bertz CT molecular complexity index is 1410. The monoisotopic (exact) mass is 514 g/mol. The van der Waals surface area contributed by atoms with E-state index >= 15 is 0 Å². The van der Waals surface area contributed by atoms with Gasteiger partial charge in [0, 0.05) is 48.3 Å². The summed E-state index contributed by atoms with van der Waals surface area (Å²) in [5, 5.41) is 10.3. The van der Waals surface area contributed by atoms with E-state index in [9.17, 15) is 9.90 Å². The smallest absolute Gasteiger partial charge is 0.307 e. The first-order valence-corrected chi connectivity index (χ1v) is 13.0. The maximum absolute atomic E-state index is 11.3. The summed E-state index contributed by atoms with van der Waals surface area (Å²) in [7, 11) is 1.76. The van der Waals surface area contributed by atoms with Crippen molar-refractivity contribution >= 4 is 16.9 Å².